The summed E-state index contributed by atoms with van der Waals surface area (Å²) in [6.07, 6.45) is 5.10. The molecule has 0 saturated heterocycles. The molecule has 0 unspecified atom stereocenters. The number of terminal acetylenes is 1. The molecule has 0 aliphatic rings. The molecule has 1 rings (SSSR count). The molecule has 13 heavy (non-hydrogen) atoms. The van der Waals surface area contributed by atoms with Gasteiger partial charge in [-0.05, 0) is 53.0 Å². The fourth-order valence-electron chi connectivity index (χ4n) is 0.984. The Morgan fingerprint density at radius 2 is 2.00 bits per heavy atom. The van der Waals surface area contributed by atoms with Gasteiger partial charge in [-0.3, -0.25) is 0 Å². The van der Waals surface area contributed by atoms with Crippen molar-refractivity contribution >= 4 is 15.9 Å². The second kappa shape index (κ2) is 4.34. The minimum Gasteiger partial charge on any atom is -0.480 e. The van der Waals surface area contributed by atoms with Crippen molar-refractivity contribution in [3.63, 3.8) is 0 Å². The lowest BCUT2D eigenvalue weighted by molar-refractivity contribution is 0.367. The second-order valence-electron chi connectivity index (χ2n) is 2.86. The largest absolute Gasteiger partial charge is 0.480 e. The van der Waals surface area contributed by atoms with E-state index >= 15 is 0 Å². The van der Waals surface area contributed by atoms with Crippen molar-refractivity contribution in [1.82, 2.24) is 0 Å². The molecule has 0 heterocycles. The quantitative estimate of drug-likeness (QED) is 0.720. The lowest BCUT2D eigenvalue weighted by Crippen LogP contribution is -1.95. The molecule has 1 aromatic carbocycles. The van der Waals surface area contributed by atoms with Crippen molar-refractivity contribution in [1.29, 1.82) is 0 Å². The average Bonchev–Trinajstić information content (AvgIpc) is 2.09. The van der Waals surface area contributed by atoms with Gasteiger partial charge in [0.2, 0.25) is 0 Å². The van der Waals surface area contributed by atoms with Gasteiger partial charge in [-0.25, -0.2) is 0 Å². The van der Waals surface area contributed by atoms with Gasteiger partial charge in [-0.1, -0.05) is 5.92 Å². The van der Waals surface area contributed by atoms with E-state index in [1.807, 2.05) is 19.1 Å². The predicted octanol–water partition coefficient (Wildman–Crippen LogP) is 3.08. The molecule has 2 heteroatoms. The third-order valence-electron chi connectivity index (χ3n) is 1.86. The lowest BCUT2D eigenvalue weighted by atomic mass is 10.1. The maximum Gasteiger partial charge on any atom is 0.148 e. The van der Waals surface area contributed by atoms with Gasteiger partial charge < -0.3 is 4.74 Å². The van der Waals surface area contributed by atoms with Crippen LogP contribution in [0.3, 0.4) is 0 Å². The fraction of sp³-hybridized carbons (Fsp3) is 0.273. The van der Waals surface area contributed by atoms with Crippen LogP contribution in [0.5, 0.6) is 5.75 Å². The van der Waals surface area contributed by atoms with Crippen LogP contribution < -0.4 is 4.74 Å². The second-order valence-corrected chi connectivity index (χ2v) is 3.71. The molecule has 0 bridgehead atoms. The van der Waals surface area contributed by atoms with Crippen LogP contribution in [-0.4, -0.2) is 6.61 Å². The van der Waals surface area contributed by atoms with Crippen LogP contribution in [0.25, 0.3) is 0 Å². The summed E-state index contributed by atoms with van der Waals surface area (Å²) >= 11 is 3.42. The molecule has 0 fully saturated rings. The molecule has 68 valence electrons. The van der Waals surface area contributed by atoms with Crippen molar-refractivity contribution in [3.8, 4) is 18.1 Å². The maximum atomic E-state index is 5.34. The van der Waals surface area contributed by atoms with Crippen molar-refractivity contribution < 1.29 is 4.74 Å². The summed E-state index contributed by atoms with van der Waals surface area (Å²) in [4.78, 5) is 0. The predicted molar refractivity (Wildman–Crippen MR) is 57.9 cm³/mol. The highest BCUT2D eigenvalue weighted by Crippen LogP contribution is 2.27. The minimum absolute atomic E-state index is 0.307. The third kappa shape index (κ3) is 2.50. The van der Waals surface area contributed by atoms with Gasteiger partial charge in [-0.2, -0.15) is 0 Å². The number of benzene rings is 1. The van der Waals surface area contributed by atoms with E-state index < -0.39 is 0 Å². The number of halogens is 1. The minimum atomic E-state index is 0.307. The van der Waals surface area contributed by atoms with Crippen molar-refractivity contribution in [3.05, 3.63) is 27.7 Å². The van der Waals surface area contributed by atoms with Crippen LogP contribution >= 0.6 is 15.9 Å². The van der Waals surface area contributed by atoms with Crippen molar-refractivity contribution in [2.45, 2.75) is 13.8 Å². The Labute approximate surface area is 87.2 Å². The van der Waals surface area contributed by atoms with E-state index in [2.05, 4.69) is 28.8 Å². The van der Waals surface area contributed by atoms with E-state index in [-0.39, 0.29) is 0 Å². The van der Waals surface area contributed by atoms with E-state index in [0.29, 0.717) is 6.61 Å². The Hall–Kier alpha value is -0.940. The van der Waals surface area contributed by atoms with Gasteiger partial charge in [0.05, 0.1) is 4.47 Å². The molecule has 0 aromatic heterocycles. The number of ether oxygens (including phenoxy) is 1. The maximum absolute atomic E-state index is 5.34. The molecule has 1 aromatic rings. The average molecular weight is 239 g/mol. The third-order valence-corrected chi connectivity index (χ3v) is 2.48. The lowest BCUT2D eigenvalue weighted by Gasteiger charge is -2.08. The summed E-state index contributed by atoms with van der Waals surface area (Å²) in [5.74, 6) is 3.24. The van der Waals surface area contributed by atoms with Crippen molar-refractivity contribution in [2.75, 3.05) is 6.61 Å². The SMILES string of the molecule is C#CCOc1cc(C)c(C)cc1Br. The molecule has 0 aliphatic carbocycles. The van der Waals surface area contributed by atoms with Gasteiger partial charge in [0.25, 0.3) is 0 Å². The molecule has 0 amide bonds. The topological polar surface area (TPSA) is 9.23 Å². The monoisotopic (exact) mass is 238 g/mol. The molecule has 0 N–H and O–H groups in total. The summed E-state index contributed by atoms with van der Waals surface area (Å²) in [7, 11) is 0. The summed E-state index contributed by atoms with van der Waals surface area (Å²) in [5.41, 5.74) is 2.44. The fourth-order valence-corrected chi connectivity index (χ4v) is 1.56. The van der Waals surface area contributed by atoms with Gasteiger partial charge in [-0.15, -0.1) is 6.42 Å². The number of aryl methyl sites for hydroxylation is 2. The van der Waals surface area contributed by atoms with Crippen LogP contribution in [0, 0.1) is 26.2 Å². The Morgan fingerprint density at radius 3 is 2.62 bits per heavy atom. The standard InChI is InChI=1S/C11H11BrO/c1-4-5-13-11-7-9(3)8(2)6-10(11)12/h1,6-7H,5H2,2-3H3. The van der Waals surface area contributed by atoms with Crippen LogP contribution in [-0.2, 0) is 0 Å². The normalized spacial score (nSPS) is 9.38. The van der Waals surface area contributed by atoms with E-state index in [4.69, 9.17) is 11.2 Å². The highest BCUT2D eigenvalue weighted by molar-refractivity contribution is 9.10. The molecule has 0 atom stereocenters. The zero-order valence-corrected chi connectivity index (χ0v) is 9.31. The van der Waals surface area contributed by atoms with E-state index in [1.165, 1.54) is 11.1 Å². The molecule has 0 spiro atoms. The number of rotatable bonds is 2. The van der Waals surface area contributed by atoms with Gasteiger partial charge in [0.1, 0.15) is 12.4 Å². The Morgan fingerprint density at radius 1 is 1.38 bits per heavy atom. The number of hydrogen-bond acceptors (Lipinski definition) is 1. The molecule has 0 aliphatic heterocycles. The first-order chi connectivity index (χ1) is 6.15. The molecule has 0 saturated carbocycles. The number of hydrogen-bond donors (Lipinski definition) is 0. The zero-order chi connectivity index (χ0) is 9.84. The molecular weight excluding hydrogens is 228 g/mol. The van der Waals surface area contributed by atoms with Crippen molar-refractivity contribution in [2.24, 2.45) is 0 Å². The van der Waals surface area contributed by atoms with Gasteiger partial charge >= 0.3 is 0 Å². The summed E-state index contributed by atoms with van der Waals surface area (Å²) in [6.45, 7) is 4.41. The van der Waals surface area contributed by atoms with Gasteiger partial charge in [0, 0.05) is 0 Å². The van der Waals surface area contributed by atoms with Crippen LogP contribution in [0.2, 0.25) is 0 Å². The highest BCUT2D eigenvalue weighted by Gasteiger charge is 2.02. The summed E-state index contributed by atoms with van der Waals surface area (Å²) < 4.78 is 6.29. The van der Waals surface area contributed by atoms with Gasteiger partial charge in [0.15, 0.2) is 0 Å². The molecule has 1 nitrogen and oxygen atoms in total. The smallest absolute Gasteiger partial charge is 0.148 e. The van der Waals surface area contributed by atoms with Crippen LogP contribution in [0.1, 0.15) is 11.1 Å². The van der Waals surface area contributed by atoms with Crippen LogP contribution in [0.4, 0.5) is 0 Å². The summed E-state index contributed by atoms with van der Waals surface area (Å²) in [5, 5.41) is 0. The molecular formula is C11H11BrO. The summed E-state index contributed by atoms with van der Waals surface area (Å²) in [6, 6.07) is 4.01. The van der Waals surface area contributed by atoms with E-state index in [1.54, 1.807) is 0 Å². The zero-order valence-electron chi connectivity index (χ0n) is 7.73. The van der Waals surface area contributed by atoms with E-state index in [9.17, 15) is 0 Å². The van der Waals surface area contributed by atoms with E-state index in [0.717, 1.165) is 10.2 Å². The first-order valence-corrected chi connectivity index (χ1v) is 4.77. The first kappa shape index (κ1) is 10.1. The Balaban J connectivity index is 2.96. The highest BCUT2D eigenvalue weighted by atomic mass is 79.9. The molecule has 0 radical (unpaired) electrons. The first-order valence-electron chi connectivity index (χ1n) is 3.98. The Bertz CT molecular complexity index is 350. The van der Waals surface area contributed by atoms with Crippen LogP contribution in [0.15, 0.2) is 16.6 Å². The Kier molecular flexibility index (Phi) is 3.39.